The Bertz CT molecular complexity index is 191. The van der Waals surface area contributed by atoms with Gasteiger partial charge in [-0.15, -0.1) is 0 Å². The molecule has 0 aliphatic heterocycles. The normalized spacial score (nSPS) is 10.4. The van der Waals surface area contributed by atoms with Crippen molar-refractivity contribution in [1.82, 2.24) is 10.2 Å². The first-order chi connectivity index (χ1) is 8.76. The van der Waals surface area contributed by atoms with Crippen LogP contribution in [0.1, 0.15) is 72.1 Å². The molecular formula is C15H32N2O. The van der Waals surface area contributed by atoms with Crippen LogP contribution in [0.25, 0.3) is 0 Å². The van der Waals surface area contributed by atoms with Gasteiger partial charge in [-0.3, -0.25) is 0 Å². The Labute approximate surface area is 113 Å². The Kier molecular flexibility index (Phi) is 12.2. The monoisotopic (exact) mass is 256 g/mol. The average Bonchev–Trinajstić information content (AvgIpc) is 2.38. The van der Waals surface area contributed by atoms with E-state index in [1.165, 1.54) is 44.9 Å². The number of carbonyl (C=O) groups excluding carboxylic acids is 1. The summed E-state index contributed by atoms with van der Waals surface area (Å²) < 4.78 is 0. The SMILES string of the molecule is CCCCCCCCCCNC(=O)N(CC)CC. The van der Waals surface area contributed by atoms with E-state index in [0.717, 1.165) is 26.1 Å². The van der Waals surface area contributed by atoms with Gasteiger partial charge in [0.2, 0.25) is 0 Å². The summed E-state index contributed by atoms with van der Waals surface area (Å²) in [5.74, 6) is 0. The lowest BCUT2D eigenvalue weighted by Gasteiger charge is -2.19. The number of amides is 2. The van der Waals surface area contributed by atoms with E-state index < -0.39 is 0 Å². The number of nitrogens with zero attached hydrogens (tertiary/aromatic N) is 1. The molecule has 0 aliphatic carbocycles. The number of urea groups is 1. The van der Waals surface area contributed by atoms with Gasteiger partial charge in [-0.2, -0.15) is 0 Å². The minimum absolute atomic E-state index is 0.0861. The highest BCUT2D eigenvalue weighted by molar-refractivity contribution is 5.73. The Balaban J connectivity index is 3.27. The molecule has 0 rings (SSSR count). The fourth-order valence-corrected chi connectivity index (χ4v) is 2.08. The van der Waals surface area contributed by atoms with Crippen LogP contribution in [0.3, 0.4) is 0 Å². The molecule has 0 aromatic rings. The molecule has 0 fully saturated rings. The number of unbranched alkanes of at least 4 members (excludes halogenated alkanes) is 7. The van der Waals surface area contributed by atoms with Crippen LogP contribution >= 0.6 is 0 Å². The molecule has 1 N–H and O–H groups in total. The summed E-state index contributed by atoms with van der Waals surface area (Å²) in [6.45, 7) is 8.68. The Hall–Kier alpha value is -0.730. The summed E-state index contributed by atoms with van der Waals surface area (Å²) in [5.41, 5.74) is 0. The summed E-state index contributed by atoms with van der Waals surface area (Å²) in [5, 5.41) is 2.98. The molecule has 0 bridgehead atoms. The second-order valence-corrected chi connectivity index (χ2v) is 4.88. The van der Waals surface area contributed by atoms with Crippen molar-refractivity contribution in [3.8, 4) is 0 Å². The number of hydrogen-bond acceptors (Lipinski definition) is 1. The van der Waals surface area contributed by atoms with Crippen molar-refractivity contribution in [2.45, 2.75) is 72.1 Å². The number of carbonyl (C=O) groups is 1. The minimum atomic E-state index is 0.0861. The van der Waals surface area contributed by atoms with Crippen molar-refractivity contribution in [1.29, 1.82) is 0 Å². The highest BCUT2D eigenvalue weighted by atomic mass is 16.2. The second kappa shape index (κ2) is 12.7. The molecule has 3 heteroatoms. The molecule has 0 radical (unpaired) electrons. The molecule has 0 spiro atoms. The highest BCUT2D eigenvalue weighted by Gasteiger charge is 2.06. The predicted molar refractivity (Wildman–Crippen MR) is 78.9 cm³/mol. The molecule has 0 atom stereocenters. The van der Waals surface area contributed by atoms with Crippen LogP contribution in [0.15, 0.2) is 0 Å². The smallest absolute Gasteiger partial charge is 0.317 e. The third-order valence-corrected chi connectivity index (χ3v) is 3.36. The third kappa shape index (κ3) is 9.32. The van der Waals surface area contributed by atoms with Crippen LogP contribution in [-0.2, 0) is 0 Å². The van der Waals surface area contributed by atoms with Gasteiger partial charge in [0.25, 0.3) is 0 Å². The van der Waals surface area contributed by atoms with Gasteiger partial charge in [-0.25, -0.2) is 4.79 Å². The van der Waals surface area contributed by atoms with Gasteiger partial charge in [0, 0.05) is 19.6 Å². The van der Waals surface area contributed by atoms with E-state index >= 15 is 0 Å². The molecule has 0 unspecified atom stereocenters. The standard InChI is InChI=1S/C15H32N2O/c1-4-7-8-9-10-11-12-13-14-16-15(18)17(5-2)6-3/h4-14H2,1-3H3,(H,16,18). The first kappa shape index (κ1) is 17.3. The van der Waals surface area contributed by atoms with Gasteiger partial charge in [0.1, 0.15) is 0 Å². The summed E-state index contributed by atoms with van der Waals surface area (Å²) >= 11 is 0. The molecule has 18 heavy (non-hydrogen) atoms. The van der Waals surface area contributed by atoms with E-state index in [1.54, 1.807) is 0 Å². The van der Waals surface area contributed by atoms with Crippen molar-refractivity contribution in [2.75, 3.05) is 19.6 Å². The van der Waals surface area contributed by atoms with E-state index in [2.05, 4.69) is 12.2 Å². The topological polar surface area (TPSA) is 32.3 Å². The molecule has 0 aromatic carbocycles. The van der Waals surface area contributed by atoms with E-state index in [9.17, 15) is 4.79 Å². The first-order valence-corrected chi connectivity index (χ1v) is 7.79. The lowest BCUT2D eigenvalue weighted by atomic mass is 10.1. The van der Waals surface area contributed by atoms with Crippen molar-refractivity contribution in [3.63, 3.8) is 0 Å². The Morgan fingerprint density at radius 1 is 0.833 bits per heavy atom. The Morgan fingerprint density at radius 2 is 1.33 bits per heavy atom. The fraction of sp³-hybridized carbons (Fsp3) is 0.933. The van der Waals surface area contributed by atoms with Crippen molar-refractivity contribution in [3.05, 3.63) is 0 Å². The molecule has 0 aromatic heterocycles. The van der Waals surface area contributed by atoms with Gasteiger partial charge < -0.3 is 10.2 Å². The van der Waals surface area contributed by atoms with Crippen molar-refractivity contribution in [2.24, 2.45) is 0 Å². The summed E-state index contributed by atoms with van der Waals surface area (Å²) in [6.07, 6.45) is 10.5. The van der Waals surface area contributed by atoms with E-state index in [1.807, 2.05) is 18.7 Å². The zero-order valence-corrected chi connectivity index (χ0v) is 12.6. The first-order valence-electron chi connectivity index (χ1n) is 7.79. The van der Waals surface area contributed by atoms with Gasteiger partial charge in [-0.05, 0) is 20.3 Å². The lowest BCUT2D eigenvalue weighted by Crippen LogP contribution is -2.40. The van der Waals surface area contributed by atoms with Gasteiger partial charge >= 0.3 is 6.03 Å². The number of hydrogen-bond donors (Lipinski definition) is 1. The zero-order chi connectivity index (χ0) is 13.6. The largest absolute Gasteiger partial charge is 0.338 e. The molecule has 0 aliphatic rings. The van der Waals surface area contributed by atoms with Crippen molar-refractivity contribution < 1.29 is 4.79 Å². The van der Waals surface area contributed by atoms with E-state index in [-0.39, 0.29) is 6.03 Å². The van der Waals surface area contributed by atoms with Crippen LogP contribution < -0.4 is 5.32 Å². The molecule has 2 amide bonds. The van der Waals surface area contributed by atoms with Gasteiger partial charge in [0.15, 0.2) is 0 Å². The number of rotatable bonds is 11. The maximum absolute atomic E-state index is 11.6. The highest BCUT2D eigenvalue weighted by Crippen LogP contribution is 2.07. The van der Waals surface area contributed by atoms with Crippen LogP contribution in [-0.4, -0.2) is 30.6 Å². The van der Waals surface area contributed by atoms with E-state index in [0.29, 0.717) is 0 Å². The third-order valence-electron chi connectivity index (χ3n) is 3.36. The molecule has 0 saturated carbocycles. The molecule has 0 saturated heterocycles. The minimum Gasteiger partial charge on any atom is -0.338 e. The maximum atomic E-state index is 11.6. The molecular weight excluding hydrogens is 224 g/mol. The van der Waals surface area contributed by atoms with Crippen LogP contribution in [0.2, 0.25) is 0 Å². The van der Waals surface area contributed by atoms with Crippen LogP contribution in [0.4, 0.5) is 4.79 Å². The lowest BCUT2D eigenvalue weighted by molar-refractivity contribution is 0.203. The fourth-order valence-electron chi connectivity index (χ4n) is 2.08. The second-order valence-electron chi connectivity index (χ2n) is 4.88. The van der Waals surface area contributed by atoms with Gasteiger partial charge in [0.05, 0.1) is 0 Å². The van der Waals surface area contributed by atoms with Gasteiger partial charge in [-0.1, -0.05) is 51.9 Å². The summed E-state index contributed by atoms with van der Waals surface area (Å²) in [4.78, 5) is 13.5. The van der Waals surface area contributed by atoms with Crippen LogP contribution in [0, 0.1) is 0 Å². The number of nitrogens with one attached hydrogen (secondary N) is 1. The van der Waals surface area contributed by atoms with E-state index in [4.69, 9.17) is 0 Å². The molecule has 0 heterocycles. The van der Waals surface area contributed by atoms with Crippen LogP contribution in [0.5, 0.6) is 0 Å². The summed E-state index contributed by atoms with van der Waals surface area (Å²) in [6, 6.07) is 0.0861. The quantitative estimate of drug-likeness (QED) is 0.553. The summed E-state index contributed by atoms with van der Waals surface area (Å²) in [7, 11) is 0. The average molecular weight is 256 g/mol. The predicted octanol–water partition coefficient (Wildman–Crippen LogP) is 4.18. The molecule has 3 nitrogen and oxygen atoms in total. The van der Waals surface area contributed by atoms with Crippen molar-refractivity contribution >= 4 is 6.03 Å². The Morgan fingerprint density at radius 3 is 1.83 bits per heavy atom. The zero-order valence-electron chi connectivity index (χ0n) is 12.6. The molecule has 108 valence electrons. The maximum Gasteiger partial charge on any atom is 0.317 e.